The fourth-order valence-corrected chi connectivity index (χ4v) is 3.26. The minimum Gasteiger partial charge on any atom is -0.286 e. The summed E-state index contributed by atoms with van der Waals surface area (Å²) in [4.78, 5) is 33.1. The van der Waals surface area contributed by atoms with Gasteiger partial charge in [0.2, 0.25) is 11.6 Å². The van der Waals surface area contributed by atoms with Crippen LogP contribution in [0.4, 0.5) is 0 Å². The summed E-state index contributed by atoms with van der Waals surface area (Å²) in [7, 11) is 0. The van der Waals surface area contributed by atoms with E-state index in [0.29, 0.717) is 5.56 Å². The summed E-state index contributed by atoms with van der Waals surface area (Å²) in [6.45, 7) is 0. The molecule has 1 heterocycles. The number of carbonyl (C=O) groups excluding carboxylic acids is 2. The van der Waals surface area contributed by atoms with Gasteiger partial charge in [0.15, 0.2) is 0 Å². The number of benzene rings is 3. The fourth-order valence-electron chi connectivity index (χ4n) is 3.26. The minimum absolute atomic E-state index is 0.447. The van der Waals surface area contributed by atoms with Crippen molar-refractivity contribution in [3.8, 4) is 0 Å². The van der Waals surface area contributed by atoms with Crippen molar-refractivity contribution in [1.29, 1.82) is 0 Å². The number of ketones is 2. The lowest BCUT2D eigenvalue weighted by molar-refractivity contribution is -0.110. The van der Waals surface area contributed by atoms with E-state index in [2.05, 4.69) is 4.98 Å². The molecular formula is C20H10N2O2. The Morgan fingerprint density at radius 2 is 1.42 bits per heavy atom. The Balaban J connectivity index is 1.93. The van der Waals surface area contributed by atoms with Gasteiger partial charge in [-0.15, -0.1) is 0 Å². The Hall–Kier alpha value is -3.40. The zero-order chi connectivity index (χ0) is 16.3. The molecule has 4 aromatic rings. The SMILES string of the molecule is O=C1C=Cc2c(ccc3c2ccc2nc4ccccc4nc23)C1=O. The van der Waals surface area contributed by atoms with Crippen LogP contribution in [-0.4, -0.2) is 21.5 Å². The molecule has 0 saturated heterocycles. The van der Waals surface area contributed by atoms with Crippen LogP contribution in [-0.2, 0) is 4.79 Å². The van der Waals surface area contributed by atoms with E-state index in [1.54, 1.807) is 12.1 Å². The summed E-state index contributed by atoms with van der Waals surface area (Å²) in [5.74, 6) is -0.937. The summed E-state index contributed by atoms with van der Waals surface area (Å²) in [5, 5.41) is 1.83. The zero-order valence-electron chi connectivity index (χ0n) is 12.5. The van der Waals surface area contributed by atoms with Gasteiger partial charge in [0, 0.05) is 10.9 Å². The Morgan fingerprint density at radius 1 is 0.667 bits per heavy atom. The average molecular weight is 310 g/mol. The lowest BCUT2D eigenvalue weighted by atomic mass is 9.90. The molecule has 1 aromatic heterocycles. The summed E-state index contributed by atoms with van der Waals surface area (Å²) < 4.78 is 0. The van der Waals surface area contributed by atoms with Crippen molar-refractivity contribution in [2.75, 3.05) is 0 Å². The van der Waals surface area contributed by atoms with Crippen LogP contribution in [0.5, 0.6) is 0 Å². The Labute approximate surface area is 136 Å². The number of rotatable bonds is 0. The van der Waals surface area contributed by atoms with Crippen molar-refractivity contribution in [2.24, 2.45) is 0 Å². The maximum absolute atomic E-state index is 12.1. The third-order valence-electron chi connectivity index (χ3n) is 4.42. The van der Waals surface area contributed by atoms with E-state index in [-0.39, 0.29) is 0 Å². The molecule has 4 nitrogen and oxygen atoms in total. The van der Waals surface area contributed by atoms with Gasteiger partial charge in [-0.3, -0.25) is 9.59 Å². The molecule has 0 amide bonds. The number of para-hydroxylation sites is 2. The molecule has 1 aliphatic carbocycles. The van der Waals surface area contributed by atoms with Crippen molar-refractivity contribution in [3.05, 3.63) is 65.7 Å². The van der Waals surface area contributed by atoms with Gasteiger partial charge in [-0.1, -0.05) is 24.3 Å². The predicted molar refractivity (Wildman–Crippen MR) is 92.9 cm³/mol. The number of fused-ring (bicyclic) bond motifs is 6. The molecule has 3 aromatic carbocycles. The first-order valence-corrected chi connectivity index (χ1v) is 7.61. The smallest absolute Gasteiger partial charge is 0.233 e. The quantitative estimate of drug-likeness (QED) is 0.282. The fraction of sp³-hybridized carbons (Fsp3) is 0. The van der Waals surface area contributed by atoms with E-state index >= 15 is 0 Å². The molecule has 4 heteroatoms. The molecule has 0 atom stereocenters. The topological polar surface area (TPSA) is 59.9 Å². The largest absolute Gasteiger partial charge is 0.286 e. The van der Waals surface area contributed by atoms with Crippen LogP contribution >= 0.6 is 0 Å². The third-order valence-corrected chi connectivity index (χ3v) is 4.42. The van der Waals surface area contributed by atoms with Crippen LogP contribution in [0.3, 0.4) is 0 Å². The molecule has 5 rings (SSSR count). The van der Waals surface area contributed by atoms with Crippen LogP contribution in [0.2, 0.25) is 0 Å². The van der Waals surface area contributed by atoms with E-state index in [0.717, 1.165) is 38.4 Å². The molecule has 0 saturated carbocycles. The Morgan fingerprint density at radius 3 is 2.25 bits per heavy atom. The first-order chi connectivity index (χ1) is 11.7. The van der Waals surface area contributed by atoms with Gasteiger partial charge in [0.1, 0.15) is 0 Å². The number of aromatic nitrogens is 2. The van der Waals surface area contributed by atoms with Gasteiger partial charge >= 0.3 is 0 Å². The molecule has 0 fully saturated rings. The van der Waals surface area contributed by atoms with Crippen molar-refractivity contribution >= 4 is 50.5 Å². The van der Waals surface area contributed by atoms with Crippen LogP contribution in [0, 0.1) is 0 Å². The van der Waals surface area contributed by atoms with Gasteiger partial charge in [0.25, 0.3) is 0 Å². The average Bonchev–Trinajstić information content (AvgIpc) is 2.62. The summed E-state index contributed by atoms with van der Waals surface area (Å²) in [5.41, 5.74) is 4.51. The maximum atomic E-state index is 12.1. The molecule has 0 unspecified atom stereocenters. The van der Waals surface area contributed by atoms with Crippen molar-refractivity contribution in [1.82, 2.24) is 9.97 Å². The van der Waals surface area contributed by atoms with Crippen LogP contribution in [0.1, 0.15) is 15.9 Å². The lowest BCUT2D eigenvalue weighted by Crippen LogP contribution is -2.16. The predicted octanol–water partition coefficient (Wildman–Crippen LogP) is 3.71. The molecule has 0 radical (unpaired) electrons. The van der Waals surface area contributed by atoms with Crippen LogP contribution < -0.4 is 0 Å². The number of hydrogen-bond acceptors (Lipinski definition) is 4. The van der Waals surface area contributed by atoms with Crippen molar-refractivity contribution in [3.63, 3.8) is 0 Å². The van der Waals surface area contributed by atoms with Gasteiger partial charge in [-0.05, 0) is 47.4 Å². The van der Waals surface area contributed by atoms with Gasteiger partial charge in [0.05, 0.1) is 22.1 Å². The van der Waals surface area contributed by atoms with Crippen molar-refractivity contribution in [2.45, 2.75) is 0 Å². The van der Waals surface area contributed by atoms with Gasteiger partial charge in [-0.25, -0.2) is 9.97 Å². The van der Waals surface area contributed by atoms with Gasteiger partial charge < -0.3 is 0 Å². The molecule has 0 bridgehead atoms. The number of nitrogens with zero attached hydrogens (tertiary/aromatic N) is 2. The van der Waals surface area contributed by atoms with Crippen molar-refractivity contribution < 1.29 is 9.59 Å². The highest BCUT2D eigenvalue weighted by molar-refractivity contribution is 6.50. The normalized spacial score (nSPS) is 13.8. The summed E-state index contributed by atoms with van der Waals surface area (Å²) in [6.07, 6.45) is 3.04. The molecule has 0 aliphatic heterocycles. The Kier molecular flexibility index (Phi) is 2.48. The minimum atomic E-state index is -0.478. The molecule has 0 N–H and O–H groups in total. The van der Waals surface area contributed by atoms with Gasteiger partial charge in [-0.2, -0.15) is 0 Å². The molecule has 24 heavy (non-hydrogen) atoms. The second-order valence-corrected chi connectivity index (χ2v) is 5.79. The molecule has 112 valence electrons. The maximum Gasteiger partial charge on any atom is 0.233 e. The standard InChI is InChI=1S/C20H10N2O2/c23-18-10-8-12-11-7-9-17-19(13(11)5-6-14(12)20(18)24)22-16-4-2-1-3-15(16)21-17/h1-10H. The summed E-state index contributed by atoms with van der Waals surface area (Å²) in [6, 6.07) is 15.1. The number of Topliss-reactive ketones (excluding diaryl/α,β-unsaturated/α-hetero) is 1. The first kappa shape index (κ1) is 13.1. The molecule has 1 aliphatic rings. The Bertz CT molecular complexity index is 1240. The third kappa shape index (κ3) is 1.68. The number of allylic oxidation sites excluding steroid dienone is 1. The zero-order valence-corrected chi connectivity index (χ0v) is 12.5. The van der Waals surface area contributed by atoms with E-state index < -0.39 is 11.6 Å². The van der Waals surface area contributed by atoms with Crippen LogP contribution in [0.25, 0.3) is 38.9 Å². The summed E-state index contributed by atoms with van der Waals surface area (Å²) >= 11 is 0. The highest BCUT2D eigenvalue weighted by atomic mass is 16.2. The van der Waals surface area contributed by atoms with E-state index in [1.807, 2.05) is 42.5 Å². The second kappa shape index (κ2) is 4.55. The van der Waals surface area contributed by atoms with Crippen LogP contribution in [0.15, 0.2) is 54.6 Å². The monoisotopic (exact) mass is 310 g/mol. The number of hydrogen-bond donors (Lipinski definition) is 0. The molecular weight excluding hydrogens is 300 g/mol. The lowest BCUT2D eigenvalue weighted by Gasteiger charge is -2.13. The van der Waals surface area contributed by atoms with E-state index in [4.69, 9.17) is 4.98 Å². The van der Waals surface area contributed by atoms with E-state index in [9.17, 15) is 9.59 Å². The number of carbonyl (C=O) groups is 2. The molecule has 0 spiro atoms. The highest BCUT2D eigenvalue weighted by Gasteiger charge is 2.22. The first-order valence-electron chi connectivity index (χ1n) is 7.61. The second-order valence-electron chi connectivity index (χ2n) is 5.79. The highest BCUT2D eigenvalue weighted by Crippen LogP contribution is 2.31. The van der Waals surface area contributed by atoms with E-state index in [1.165, 1.54) is 6.08 Å².